The van der Waals surface area contributed by atoms with Gasteiger partial charge in [0.1, 0.15) is 0 Å². The molecule has 0 aromatic heterocycles. The van der Waals surface area contributed by atoms with Crippen LogP contribution >= 0.6 is 0 Å². The molecule has 0 heterocycles. The molecule has 6 N–H and O–H groups in total. The van der Waals surface area contributed by atoms with Crippen molar-refractivity contribution in [2.24, 2.45) is 5.84 Å². The summed E-state index contributed by atoms with van der Waals surface area (Å²) in [5.74, 6) is 2.87. The van der Waals surface area contributed by atoms with Crippen molar-refractivity contribution in [3.05, 3.63) is 48.0 Å². The number of hydrogen-bond acceptors (Lipinski definition) is 5. The van der Waals surface area contributed by atoms with Gasteiger partial charge in [-0.2, -0.15) is 0 Å². The van der Waals surface area contributed by atoms with E-state index >= 15 is 0 Å². The molecule has 0 aliphatic carbocycles. The number of aliphatic hydroxyl groups is 1. The number of carboxylic acids is 2. The molecule has 1 rings (SSSR count). The van der Waals surface area contributed by atoms with Gasteiger partial charge in [-0.15, -0.1) is 0 Å². The van der Waals surface area contributed by atoms with E-state index in [-0.39, 0.29) is 6.04 Å². The molecular weight excluding hydrogens is 288 g/mol. The van der Waals surface area contributed by atoms with Crippen molar-refractivity contribution in [2.75, 3.05) is 0 Å². The van der Waals surface area contributed by atoms with Gasteiger partial charge in [0, 0.05) is 12.2 Å². The lowest BCUT2D eigenvalue weighted by Gasteiger charge is -2.21. The highest BCUT2D eigenvalue weighted by atomic mass is 16.4. The molecule has 0 amide bonds. The number of aliphatic hydroxyl groups excluding tert-OH is 1. The third kappa shape index (κ3) is 8.85. The van der Waals surface area contributed by atoms with Crippen LogP contribution in [0.4, 0.5) is 0 Å². The largest absolute Gasteiger partial charge is 0.478 e. The molecule has 1 aromatic rings. The Balaban J connectivity index is 0.000000472. The first kappa shape index (κ1) is 19.8. The second-order valence-corrected chi connectivity index (χ2v) is 4.43. The first-order valence-corrected chi connectivity index (χ1v) is 6.75. The monoisotopic (exact) mass is 310 g/mol. The molecule has 0 radical (unpaired) electrons. The smallest absolute Gasteiger partial charge is 0.328 e. The van der Waals surface area contributed by atoms with E-state index in [1.165, 1.54) is 0 Å². The van der Waals surface area contributed by atoms with Gasteiger partial charge in [0.25, 0.3) is 0 Å². The number of rotatable bonds is 7. The predicted molar refractivity (Wildman–Crippen MR) is 81.8 cm³/mol. The van der Waals surface area contributed by atoms with Crippen molar-refractivity contribution in [3.8, 4) is 0 Å². The number of aliphatic carboxylic acids is 2. The molecule has 22 heavy (non-hydrogen) atoms. The second-order valence-electron chi connectivity index (χ2n) is 4.43. The summed E-state index contributed by atoms with van der Waals surface area (Å²) < 4.78 is 0. The Morgan fingerprint density at radius 2 is 1.68 bits per heavy atom. The minimum atomic E-state index is -1.26. The summed E-state index contributed by atoms with van der Waals surface area (Å²) in [4.78, 5) is 19.1. The first-order chi connectivity index (χ1) is 10.4. The van der Waals surface area contributed by atoms with Crippen LogP contribution in [0, 0.1) is 0 Å². The van der Waals surface area contributed by atoms with Crippen LogP contribution in [0.25, 0.3) is 0 Å². The first-order valence-electron chi connectivity index (χ1n) is 6.75. The minimum absolute atomic E-state index is 0.0672. The fourth-order valence-electron chi connectivity index (χ4n) is 1.67. The highest BCUT2D eigenvalue weighted by Crippen LogP contribution is 2.18. The fourth-order valence-corrected chi connectivity index (χ4v) is 1.67. The highest BCUT2D eigenvalue weighted by molar-refractivity contribution is 5.89. The van der Waals surface area contributed by atoms with Gasteiger partial charge < -0.3 is 15.3 Å². The number of carboxylic acid groups (broad SMARTS) is 2. The van der Waals surface area contributed by atoms with Crippen LogP contribution in [-0.2, 0) is 9.59 Å². The molecule has 7 heteroatoms. The fraction of sp³-hybridized carbons (Fsp3) is 0.333. The molecule has 1 aromatic carbocycles. The Kier molecular flexibility index (Phi) is 10.3. The van der Waals surface area contributed by atoms with E-state index in [1.54, 1.807) is 0 Å². The van der Waals surface area contributed by atoms with Gasteiger partial charge in [0.05, 0.1) is 12.1 Å². The van der Waals surface area contributed by atoms with Crippen molar-refractivity contribution in [1.29, 1.82) is 0 Å². The van der Waals surface area contributed by atoms with Gasteiger partial charge in [0.2, 0.25) is 0 Å². The SMILES string of the molecule is CCC[C@@H](NN)C(O)c1ccccc1.O=C(O)/C=C/C(=O)O. The van der Waals surface area contributed by atoms with Crippen LogP contribution in [-0.4, -0.2) is 33.3 Å². The molecule has 0 bridgehead atoms. The van der Waals surface area contributed by atoms with Crippen LogP contribution in [0.2, 0.25) is 0 Å². The molecule has 7 nitrogen and oxygen atoms in total. The van der Waals surface area contributed by atoms with Crippen LogP contribution in [0.3, 0.4) is 0 Å². The van der Waals surface area contributed by atoms with Gasteiger partial charge in [-0.1, -0.05) is 43.7 Å². The Labute approximate surface area is 129 Å². The number of hydrogen-bond donors (Lipinski definition) is 5. The Morgan fingerprint density at radius 3 is 2.05 bits per heavy atom. The summed E-state index contributed by atoms with van der Waals surface area (Å²) in [6, 6.07) is 9.51. The van der Waals surface area contributed by atoms with Gasteiger partial charge >= 0.3 is 11.9 Å². The van der Waals surface area contributed by atoms with Crippen molar-refractivity contribution >= 4 is 11.9 Å². The van der Waals surface area contributed by atoms with Gasteiger partial charge in [0.15, 0.2) is 0 Å². The number of nitrogens with one attached hydrogen (secondary N) is 1. The molecule has 122 valence electrons. The maximum absolute atomic E-state index is 9.97. The second kappa shape index (κ2) is 11.4. The van der Waals surface area contributed by atoms with E-state index in [4.69, 9.17) is 16.1 Å². The molecule has 0 fully saturated rings. The van der Waals surface area contributed by atoms with Gasteiger partial charge in [-0.25, -0.2) is 9.59 Å². The maximum Gasteiger partial charge on any atom is 0.328 e. The van der Waals surface area contributed by atoms with E-state index in [0.717, 1.165) is 18.4 Å². The lowest BCUT2D eigenvalue weighted by molar-refractivity contribution is -0.134. The topological polar surface area (TPSA) is 133 Å². The number of benzene rings is 1. The summed E-state index contributed by atoms with van der Waals surface area (Å²) in [6.07, 6.45) is 2.46. The van der Waals surface area contributed by atoms with E-state index in [2.05, 4.69) is 12.3 Å². The summed E-state index contributed by atoms with van der Waals surface area (Å²) in [6.45, 7) is 2.07. The Bertz CT molecular complexity index is 460. The van der Waals surface area contributed by atoms with E-state index in [0.29, 0.717) is 12.2 Å². The molecular formula is C15H22N2O5. The number of nitrogens with two attached hydrogens (primary N) is 1. The molecule has 2 atom stereocenters. The lowest BCUT2D eigenvalue weighted by atomic mass is 9.99. The normalized spacial score (nSPS) is 13.0. The van der Waals surface area contributed by atoms with Gasteiger partial charge in [-0.05, 0) is 12.0 Å². The lowest BCUT2D eigenvalue weighted by Crippen LogP contribution is -2.39. The van der Waals surface area contributed by atoms with Crippen LogP contribution in [0.5, 0.6) is 0 Å². The summed E-state index contributed by atoms with van der Waals surface area (Å²) >= 11 is 0. The third-order valence-electron chi connectivity index (χ3n) is 2.70. The van der Waals surface area contributed by atoms with Gasteiger partial charge in [-0.3, -0.25) is 11.3 Å². The van der Waals surface area contributed by atoms with Crippen molar-refractivity contribution in [2.45, 2.75) is 31.9 Å². The van der Waals surface area contributed by atoms with E-state index in [9.17, 15) is 14.7 Å². The molecule has 1 unspecified atom stereocenters. The zero-order valence-corrected chi connectivity index (χ0v) is 12.3. The summed E-state index contributed by atoms with van der Waals surface area (Å²) in [7, 11) is 0. The van der Waals surface area contributed by atoms with Crippen LogP contribution < -0.4 is 11.3 Å². The average Bonchev–Trinajstić information content (AvgIpc) is 2.51. The summed E-state index contributed by atoms with van der Waals surface area (Å²) in [5.41, 5.74) is 3.56. The molecule has 0 spiro atoms. The molecule has 0 aliphatic rings. The van der Waals surface area contributed by atoms with Crippen molar-refractivity contribution < 1.29 is 24.9 Å². The van der Waals surface area contributed by atoms with E-state index < -0.39 is 18.0 Å². The summed E-state index contributed by atoms with van der Waals surface area (Å²) in [5, 5.41) is 25.6. The zero-order chi connectivity index (χ0) is 17.0. The number of hydrazine groups is 1. The molecule has 0 saturated heterocycles. The van der Waals surface area contributed by atoms with Crippen LogP contribution in [0.15, 0.2) is 42.5 Å². The zero-order valence-electron chi connectivity index (χ0n) is 12.3. The highest BCUT2D eigenvalue weighted by Gasteiger charge is 2.17. The predicted octanol–water partition coefficient (Wildman–Crippen LogP) is 1.06. The average molecular weight is 310 g/mol. The standard InChI is InChI=1S/C11H18N2O.C4H4O4/c1-2-6-10(13-12)11(14)9-7-4-3-5-8-9;5-3(6)1-2-4(7)8/h3-5,7-8,10-11,13-14H,2,6,12H2,1H3;1-2H,(H,5,6)(H,7,8)/b;2-1+/t10-,11?;/m1./s1. The molecule has 0 aliphatic heterocycles. The van der Waals surface area contributed by atoms with Crippen molar-refractivity contribution in [3.63, 3.8) is 0 Å². The third-order valence-corrected chi connectivity index (χ3v) is 2.70. The Morgan fingerprint density at radius 1 is 1.18 bits per heavy atom. The van der Waals surface area contributed by atoms with E-state index in [1.807, 2.05) is 30.3 Å². The Hall–Kier alpha value is -2.22. The van der Waals surface area contributed by atoms with Crippen LogP contribution in [0.1, 0.15) is 31.4 Å². The quantitative estimate of drug-likeness (QED) is 0.289. The number of carbonyl (C=O) groups is 2. The maximum atomic E-state index is 9.97. The molecule has 0 saturated carbocycles. The van der Waals surface area contributed by atoms with Crippen molar-refractivity contribution in [1.82, 2.24) is 5.43 Å². The minimum Gasteiger partial charge on any atom is -0.478 e.